The standard InChI is InChI=1S/C23H33N3O6/c27-16-8-17(28)12-24(11-16)22(31)20-6-7-21(26(20)10-15-4-2-1-3-5-15)23(32)25-13-18(29)9-19(30)14-25/h1-5,16-21,27-30H,6-14H2/t16-,17+,18-,19+,20-,21+. The van der Waals surface area contributed by atoms with Gasteiger partial charge in [-0.25, -0.2) is 0 Å². The van der Waals surface area contributed by atoms with E-state index in [2.05, 4.69) is 0 Å². The molecule has 0 spiro atoms. The Hall–Kier alpha value is -2.04. The Balaban J connectivity index is 1.55. The molecule has 0 saturated carbocycles. The third kappa shape index (κ3) is 5.13. The summed E-state index contributed by atoms with van der Waals surface area (Å²) in [6, 6.07) is 8.55. The fourth-order valence-electron chi connectivity index (χ4n) is 5.28. The zero-order chi connectivity index (χ0) is 22.8. The number of likely N-dealkylation sites (tertiary alicyclic amines) is 3. The molecule has 3 heterocycles. The maximum atomic E-state index is 13.4. The van der Waals surface area contributed by atoms with Crippen LogP contribution < -0.4 is 0 Å². The van der Waals surface area contributed by atoms with E-state index in [0.717, 1.165) is 5.56 Å². The van der Waals surface area contributed by atoms with Crippen molar-refractivity contribution in [2.75, 3.05) is 26.2 Å². The van der Waals surface area contributed by atoms with E-state index in [-0.39, 0.29) is 50.8 Å². The number of nitrogens with zero attached hydrogens (tertiary/aromatic N) is 3. The van der Waals surface area contributed by atoms with Crippen LogP contribution in [-0.4, -0.2) is 110 Å². The average Bonchev–Trinajstić information content (AvgIpc) is 3.15. The van der Waals surface area contributed by atoms with E-state index < -0.39 is 36.5 Å². The van der Waals surface area contributed by atoms with Crippen molar-refractivity contribution in [2.24, 2.45) is 0 Å². The number of piperidine rings is 2. The van der Waals surface area contributed by atoms with Gasteiger partial charge in [-0.2, -0.15) is 0 Å². The summed E-state index contributed by atoms with van der Waals surface area (Å²) in [5.41, 5.74) is 0.974. The monoisotopic (exact) mass is 447 g/mol. The number of carbonyl (C=O) groups excluding carboxylic acids is 2. The molecule has 0 radical (unpaired) electrons. The van der Waals surface area contributed by atoms with Gasteiger partial charge < -0.3 is 30.2 Å². The molecule has 4 N–H and O–H groups in total. The number of aliphatic hydroxyl groups is 4. The van der Waals surface area contributed by atoms with Crippen LogP contribution in [0, 0.1) is 0 Å². The van der Waals surface area contributed by atoms with E-state index in [1.54, 1.807) is 0 Å². The van der Waals surface area contributed by atoms with Gasteiger partial charge in [0.15, 0.2) is 0 Å². The molecule has 0 bridgehead atoms. The van der Waals surface area contributed by atoms with Gasteiger partial charge in [0.1, 0.15) is 0 Å². The normalized spacial score (nSPS) is 34.0. The van der Waals surface area contributed by atoms with Crippen molar-refractivity contribution in [3.05, 3.63) is 35.9 Å². The highest BCUT2D eigenvalue weighted by Crippen LogP contribution is 2.30. The number of β-amino-alcohol motifs (C(OH)–C–C–N with tert-alkyl or cyclic N) is 4. The van der Waals surface area contributed by atoms with Crippen LogP contribution in [-0.2, 0) is 16.1 Å². The van der Waals surface area contributed by atoms with Crippen molar-refractivity contribution in [1.29, 1.82) is 0 Å². The lowest BCUT2D eigenvalue weighted by Gasteiger charge is -2.39. The van der Waals surface area contributed by atoms with Crippen LogP contribution in [0.25, 0.3) is 0 Å². The Bertz CT molecular complexity index is 742. The van der Waals surface area contributed by atoms with E-state index in [1.807, 2.05) is 35.2 Å². The van der Waals surface area contributed by atoms with Gasteiger partial charge >= 0.3 is 0 Å². The topological polar surface area (TPSA) is 125 Å². The van der Waals surface area contributed by atoms with Gasteiger partial charge in [-0.05, 0) is 18.4 Å². The van der Waals surface area contributed by atoms with E-state index in [9.17, 15) is 30.0 Å². The summed E-state index contributed by atoms with van der Waals surface area (Å²) in [5.74, 6) is -0.375. The third-order valence-corrected chi connectivity index (χ3v) is 6.73. The molecule has 3 aliphatic rings. The van der Waals surface area contributed by atoms with Crippen molar-refractivity contribution >= 4 is 11.8 Å². The van der Waals surface area contributed by atoms with Crippen LogP contribution >= 0.6 is 0 Å². The summed E-state index contributed by atoms with van der Waals surface area (Å²) < 4.78 is 0. The quantitative estimate of drug-likeness (QED) is 0.463. The first-order valence-electron chi connectivity index (χ1n) is 11.4. The van der Waals surface area contributed by atoms with Crippen molar-refractivity contribution in [1.82, 2.24) is 14.7 Å². The fraction of sp³-hybridized carbons (Fsp3) is 0.652. The second-order valence-corrected chi connectivity index (χ2v) is 9.34. The third-order valence-electron chi connectivity index (χ3n) is 6.73. The van der Waals surface area contributed by atoms with Gasteiger partial charge in [0, 0.05) is 45.6 Å². The number of benzene rings is 1. The van der Waals surface area contributed by atoms with Gasteiger partial charge in [0.2, 0.25) is 11.8 Å². The summed E-state index contributed by atoms with van der Waals surface area (Å²) in [6.07, 6.45) is -1.57. The molecule has 1 aromatic rings. The Morgan fingerprint density at radius 2 is 1.12 bits per heavy atom. The Morgan fingerprint density at radius 1 is 0.719 bits per heavy atom. The summed E-state index contributed by atoms with van der Waals surface area (Å²) in [4.78, 5) is 31.7. The van der Waals surface area contributed by atoms with Crippen LogP contribution in [0.5, 0.6) is 0 Å². The highest BCUT2D eigenvalue weighted by atomic mass is 16.3. The van der Waals surface area contributed by atoms with Crippen molar-refractivity contribution in [3.8, 4) is 0 Å². The highest BCUT2D eigenvalue weighted by Gasteiger charge is 2.45. The molecule has 176 valence electrons. The first kappa shape index (κ1) is 23.1. The first-order chi connectivity index (χ1) is 15.3. The number of aliphatic hydroxyl groups excluding tert-OH is 4. The molecular weight excluding hydrogens is 414 g/mol. The van der Waals surface area contributed by atoms with Crippen molar-refractivity contribution in [3.63, 3.8) is 0 Å². The van der Waals surface area contributed by atoms with E-state index in [0.29, 0.717) is 19.4 Å². The summed E-state index contributed by atoms with van der Waals surface area (Å²) in [5, 5.41) is 40.1. The Kier molecular flexibility index (Phi) is 7.11. The predicted octanol–water partition coefficient (Wildman–Crippen LogP) is -1.07. The number of hydrogen-bond acceptors (Lipinski definition) is 7. The molecule has 0 aliphatic carbocycles. The minimum atomic E-state index is -0.763. The molecule has 9 heteroatoms. The fourth-order valence-corrected chi connectivity index (χ4v) is 5.28. The number of hydrogen-bond donors (Lipinski definition) is 4. The number of rotatable bonds is 4. The van der Waals surface area contributed by atoms with Gasteiger partial charge in [-0.15, -0.1) is 0 Å². The Morgan fingerprint density at radius 3 is 1.53 bits per heavy atom. The molecule has 32 heavy (non-hydrogen) atoms. The van der Waals surface area contributed by atoms with Gasteiger partial charge in [-0.3, -0.25) is 14.5 Å². The molecule has 9 nitrogen and oxygen atoms in total. The average molecular weight is 448 g/mol. The molecule has 4 rings (SSSR count). The first-order valence-corrected chi connectivity index (χ1v) is 11.4. The summed E-state index contributed by atoms with van der Waals surface area (Å²) in [7, 11) is 0. The Labute approximate surface area is 187 Å². The smallest absolute Gasteiger partial charge is 0.240 e. The molecule has 0 unspecified atom stereocenters. The second-order valence-electron chi connectivity index (χ2n) is 9.34. The molecular formula is C23H33N3O6. The lowest BCUT2D eigenvalue weighted by atomic mass is 10.0. The molecule has 2 amide bonds. The second kappa shape index (κ2) is 9.84. The van der Waals surface area contributed by atoms with Crippen molar-refractivity contribution < 1.29 is 30.0 Å². The van der Waals surface area contributed by atoms with Crippen LogP contribution in [0.2, 0.25) is 0 Å². The maximum absolute atomic E-state index is 13.4. The molecule has 0 aromatic heterocycles. The predicted molar refractivity (Wildman–Crippen MR) is 115 cm³/mol. The SMILES string of the molecule is O=C([C@H]1CC[C@@H](C(=O)N2C[C@H](O)C[C@H](O)C2)N1Cc1ccccc1)N1C[C@H](O)C[C@H](O)C1. The minimum Gasteiger partial charge on any atom is -0.391 e. The van der Waals surface area contributed by atoms with Gasteiger partial charge in [-0.1, -0.05) is 30.3 Å². The molecule has 6 atom stereocenters. The lowest BCUT2D eigenvalue weighted by molar-refractivity contribution is -0.147. The van der Waals surface area contributed by atoms with Crippen LogP contribution in [0.3, 0.4) is 0 Å². The largest absolute Gasteiger partial charge is 0.391 e. The lowest BCUT2D eigenvalue weighted by Crippen LogP contribution is -2.57. The summed E-state index contributed by atoms with van der Waals surface area (Å²) in [6.45, 7) is 1.11. The zero-order valence-electron chi connectivity index (χ0n) is 18.2. The number of carbonyl (C=O) groups is 2. The highest BCUT2D eigenvalue weighted by molar-refractivity contribution is 5.87. The van der Waals surface area contributed by atoms with E-state index in [4.69, 9.17) is 0 Å². The van der Waals surface area contributed by atoms with Crippen molar-refractivity contribution in [2.45, 2.75) is 68.7 Å². The van der Waals surface area contributed by atoms with Gasteiger partial charge in [0.25, 0.3) is 0 Å². The minimum absolute atomic E-state index is 0.175. The molecule has 3 fully saturated rings. The molecule has 3 saturated heterocycles. The van der Waals surface area contributed by atoms with Gasteiger partial charge in [0.05, 0.1) is 36.5 Å². The molecule has 3 aliphatic heterocycles. The maximum Gasteiger partial charge on any atom is 0.240 e. The van der Waals surface area contributed by atoms with Crippen LogP contribution in [0.15, 0.2) is 30.3 Å². The van der Waals surface area contributed by atoms with Crippen LogP contribution in [0.1, 0.15) is 31.2 Å². The zero-order valence-corrected chi connectivity index (χ0v) is 18.2. The van der Waals surface area contributed by atoms with Crippen LogP contribution in [0.4, 0.5) is 0 Å². The summed E-state index contributed by atoms with van der Waals surface area (Å²) >= 11 is 0. The number of amides is 2. The van der Waals surface area contributed by atoms with E-state index in [1.165, 1.54) is 9.80 Å². The van der Waals surface area contributed by atoms with E-state index >= 15 is 0 Å². The molecule has 1 aromatic carbocycles.